The van der Waals surface area contributed by atoms with Gasteiger partial charge in [-0.1, -0.05) is 35.9 Å². The normalized spacial score (nSPS) is 12.3. The maximum absolute atomic E-state index is 9.52. The Hall–Kier alpha value is -2.00. The molecule has 1 unspecified atom stereocenters. The quantitative estimate of drug-likeness (QED) is 0.738. The molecule has 2 aromatic carbocycles. The molecule has 0 radical (unpaired) electrons. The van der Waals surface area contributed by atoms with Gasteiger partial charge in [0.15, 0.2) is 11.5 Å². The third kappa shape index (κ3) is 3.26. The molecule has 2 aromatic rings. The number of phenolic OH excluding ortho intramolecular Hbond substituents is 2. The minimum Gasteiger partial charge on any atom is -0.504 e. The number of benzene rings is 2. The summed E-state index contributed by atoms with van der Waals surface area (Å²) in [7, 11) is 1.92. The summed E-state index contributed by atoms with van der Waals surface area (Å²) in [5, 5.41) is 22.1. The summed E-state index contributed by atoms with van der Waals surface area (Å²) >= 11 is 0. The van der Waals surface area contributed by atoms with Gasteiger partial charge in [0.05, 0.1) is 0 Å². The molecule has 0 aliphatic carbocycles. The first-order valence-electron chi connectivity index (χ1n) is 6.35. The summed E-state index contributed by atoms with van der Waals surface area (Å²) in [5.74, 6) is -0.156. The highest BCUT2D eigenvalue weighted by Crippen LogP contribution is 2.27. The van der Waals surface area contributed by atoms with Gasteiger partial charge in [-0.3, -0.25) is 0 Å². The highest BCUT2D eigenvalue weighted by molar-refractivity contribution is 5.41. The van der Waals surface area contributed by atoms with Crippen LogP contribution in [0.2, 0.25) is 0 Å². The lowest BCUT2D eigenvalue weighted by atomic mass is 9.98. The monoisotopic (exact) mass is 257 g/mol. The Kier molecular flexibility index (Phi) is 4.07. The van der Waals surface area contributed by atoms with Crippen LogP contribution in [-0.2, 0) is 6.42 Å². The van der Waals surface area contributed by atoms with Crippen LogP contribution in [0.3, 0.4) is 0 Å². The van der Waals surface area contributed by atoms with Crippen molar-refractivity contribution in [1.82, 2.24) is 5.32 Å². The smallest absolute Gasteiger partial charge is 0.157 e. The molecule has 0 saturated heterocycles. The number of rotatable bonds is 4. The summed E-state index contributed by atoms with van der Waals surface area (Å²) in [6, 6.07) is 13.5. The van der Waals surface area contributed by atoms with Crippen LogP contribution in [0.15, 0.2) is 42.5 Å². The molecular weight excluding hydrogens is 238 g/mol. The van der Waals surface area contributed by atoms with Crippen molar-refractivity contribution >= 4 is 0 Å². The van der Waals surface area contributed by atoms with Gasteiger partial charge in [-0.2, -0.15) is 0 Å². The van der Waals surface area contributed by atoms with Gasteiger partial charge in [0.1, 0.15) is 0 Å². The second-order valence-electron chi connectivity index (χ2n) is 4.78. The van der Waals surface area contributed by atoms with Gasteiger partial charge in [-0.25, -0.2) is 0 Å². The minimum atomic E-state index is -0.0832. The van der Waals surface area contributed by atoms with Crippen molar-refractivity contribution in [3.05, 3.63) is 59.2 Å². The van der Waals surface area contributed by atoms with Gasteiger partial charge in [-0.05, 0) is 43.7 Å². The third-order valence-electron chi connectivity index (χ3n) is 3.31. The molecule has 0 spiro atoms. The predicted octanol–water partition coefficient (Wildman–Crippen LogP) is 2.91. The van der Waals surface area contributed by atoms with E-state index in [4.69, 9.17) is 0 Å². The Morgan fingerprint density at radius 2 is 1.68 bits per heavy atom. The molecule has 100 valence electrons. The summed E-state index contributed by atoms with van der Waals surface area (Å²) in [4.78, 5) is 0. The number of phenols is 2. The zero-order valence-electron chi connectivity index (χ0n) is 11.2. The maximum atomic E-state index is 9.52. The number of hydrogen-bond donors (Lipinski definition) is 3. The molecule has 0 aliphatic heterocycles. The molecule has 0 bridgehead atoms. The average molecular weight is 257 g/mol. The van der Waals surface area contributed by atoms with Crippen molar-refractivity contribution in [3.8, 4) is 11.5 Å². The lowest BCUT2D eigenvalue weighted by Gasteiger charge is -2.17. The van der Waals surface area contributed by atoms with Gasteiger partial charge in [-0.15, -0.1) is 0 Å². The van der Waals surface area contributed by atoms with Crippen LogP contribution < -0.4 is 5.32 Å². The van der Waals surface area contributed by atoms with E-state index in [9.17, 15) is 10.2 Å². The predicted molar refractivity (Wildman–Crippen MR) is 76.5 cm³/mol. The zero-order chi connectivity index (χ0) is 13.8. The topological polar surface area (TPSA) is 52.5 Å². The molecule has 3 N–H and O–H groups in total. The van der Waals surface area contributed by atoms with E-state index >= 15 is 0 Å². The summed E-state index contributed by atoms with van der Waals surface area (Å²) in [6.45, 7) is 2.07. The molecule has 3 nitrogen and oxygen atoms in total. The van der Waals surface area contributed by atoms with Gasteiger partial charge >= 0.3 is 0 Å². The van der Waals surface area contributed by atoms with E-state index in [1.54, 1.807) is 6.07 Å². The average Bonchev–Trinajstić information content (AvgIpc) is 2.41. The Balaban J connectivity index is 2.18. The summed E-state index contributed by atoms with van der Waals surface area (Å²) < 4.78 is 0. The van der Waals surface area contributed by atoms with Crippen molar-refractivity contribution in [2.24, 2.45) is 0 Å². The van der Waals surface area contributed by atoms with E-state index in [0.717, 1.165) is 12.0 Å². The Bertz CT molecular complexity index is 549. The molecule has 1 atom stereocenters. The molecule has 0 aliphatic rings. The van der Waals surface area contributed by atoms with Crippen LogP contribution >= 0.6 is 0 Å². The molecule has 2 rings (SSSR count). The first-order chi connectivity index (χ1) is 9.10. The molecule has 0 heterocycles. The first-order valence-corrected chi connectivity index (χ1v) is 6.35. The van der Waals surface area contributed by atoms with Gasteiger partial charge in [0, 0.05) is 6.04 Å². The van der Waals surface area contributed by atoms with Crippen LogP contribution in [0.25, 0.3) is 0 Å². The lowest BCUT2D eigenvalue weighted by molar-refractivity contribution is 0.402. The van der Waals surface area contributed by atoms with Gasteiger partial charge in [0.2, 0.25) is 0 Å². The van der Waals surface area contributed by atoms with Crippen molar-refractivity contribution in [2.45, 2.75) is 19.4 Å². The number of aromatic hydroxyl groups is 2. The number of nitrogens with one attached hydrogen (secondary N) is 1. The van der Waals surface area contributed by atoms with E-state index in [-0.39, 0.29) is 17.5 Å². The maximum Gasteiger partial charge on any atom is 0.157 e. The fourth-order valence-corrected chi connectivity index (χ4v) is 2.12. The third-order valence-corrected chi connectivity index (χ3v) is 3.31. The fourth-order valence-electron chi connectivity index (χ4n) is 2.12. The van der Waals surface area contributed by atoms with Crippen molar-refractivity contribution in [2.75, 3.05) is 7.05 Å². The largest absolute Gasteiger partial charge is 0.504 e. The molecule has 0 saturated carbocycles. The first kappa shape index (κ1) is 13.4. The SMILES string of the molecule is CNC(Cc1ccc(O)c(O)c1)c1ccc(C)cc1. The Morgan fingerprint density at radius 3 is 2.26 bits per heavy atom. The highest BCUT2D eigenvalue weighted by atomic mass is 16.3. The van der Waals surface area contributed by atoms with Crippen molar-refractivity contribution in [3.63, 3.8) is 0 Å². The standard InChI is InChI=1S/C16H19NO2/c1-11-3-6-13(7-4-11)14(17-2)9-12-5-8-15(18)16(19)10-12/h3-8,10,14,17-19H,9H2,1-2H3. The van der Waals surface area contributed by atoms with Gasteiger partial charge < -0.3 is 15.5 Å². The van der Waals surface area contributed by atoms with E-state index in [0.29, 0.717) is 0 Å². The highest BCUT2D eigenvalue weighted by Gasteiger charge is 2.11. The van der Waals surface area contributed by atoms with Crippen LogP contribution in [0.4, 0.5) is 0 Å². The molecule has 0 amide bonds. The van der Waals surface area contributed by atoms with Crippen LogP contribution in [0.5, 0.6) is 11.5 Å². The molecule has 0 fully saturated rings. The second kappa shape index (κ2) is 5.76. The Labute approximate surface area is 113 Å². The number of likely N-dealkylation sites (N-methyl/N-ethyl adjacent to an activating group) is 1. The molecule has 3 heteroatoms. The molecule has 0 aromatic heterocycles. The van der Waals surface area contributed by atoms with Crippen molar-refractivity contribution in [1.29, 1.82) is 0 Å². The molecular formula is C16H19NO2. The van der Waals surface area contributed by atoms with E-state index in [1.165, 1.54) is 17.2 Å². The van der Waals surface area contributed by atoms with E-state index < -0.39 is 0 Å². The summed E-state index contributed by atoms with van der Waals surface area (Å²) in [6.07, 6.45) is 0.757. The fraction of sp³-hybridized carbons (Fsp3) is 0.250. The van der Waals surface area contributed by atoms with Crippen LogP contribution in [0, 0.1) is 6.92 Å². The number of hydrogen-bond acceptors (Lipinski definition) is 3. The zero-order valence-corrected chi connectivity index (χ0v) is 11.2. The second-order valence-corrected chi connectivity index (χ2v) is 4.78. The van der Waals surface area contributed by atoms with Crippen LogP contribution in [-0.4, -0.2) is 17.3 Å². The van der Waals surface area contributed by atoms with Crippen molar-refractivity contribution < 1.29 is 10.2 Å². The number of aryl methyl sites for hydroxylation is 1. The van der Waals surface area contributed by atoms with E-state index in [2.05, 4.69) is 36.5 Å². The van der Waals surface area contributed by atoms with E-state index in [1.807, 2.05) is 13.1 Å². The molecule has 19 heavy (non-hydrogen) atoms. The minimum absolute atomic E-state index is 0.0729. The van der Waals surface area contributed by atoms with Gasteiger partial charge in [0.25, 0.3) is 0 Å². The Morgan fingerprint density at radius 1 is 1.00 bits per heavy atom. The lowest BCUT2D eigenvalue weighted by Crippen LogP contribution is -2.18. The van der Waals surface area contributed by atoms with Crippen LogP contribution in [0.1, 0.15) is 22.7 Å². The summed E-state index contributed by atoms with van der Waals surface area (Å²) in [5.41, 5.74) is 3.43.